The summed E-state index contributed by atoms with van der Waals surface area (Å²) in [7, 11) is 0. The SMILES string of the molecule is CC1(COC(N)=O)COC(=O)N1. The third kappa shape index (κ3) is 2.01. The molecule has 1 aliphatic rings. The molecule has 1 aliphatic heterocycles. The van der Waals surface area contributed by atoms with E-state index in [1.165, 1.54) is 0 Å². The van der Waals surface area contributed by atoms with Crippen LogP contribution in [0.15, 0.2) is 0 Å². The number of carbonyl (C=O) groups excluding carboxylic acids is 2. The number of hydrogen-bond acceptors (Lipinski definition) is 4. The molecular formula is C6H10N2O4. The largest absolute Gasteiger partial charge is 0.447 e. The first-order chi connectivity index (χ1) is 5.52. The highest BCUT2D eigenvalue weighted by atomic mass is 16.6. The molecular weight excluding hydrogens is 164 g/mol. The molecule has 6 nitrogen and oxygen atoms in total. The summed E-state index contributed by atoms with van der Waals surface area (Å²) in [6.07, 6.45) is -1.37. The lowest BCUT2D eigenvalue weighted by Crippen LogP contribution is -2.45. The quantitative estimate of drug-likeness (QED) is 0.594. The molecule has 0 spiro atoms. The van der Waals surface area contributed by atoms with Crippen molar-refractivity contribution in [2.24, 2.45) is 5.73 Å². The Morgan fingerprint density at radius 3 is 3.00 bits per heavy atom. The molecule has 2 amide bonds. The number of cyclic esters (lactones) is 1. The number of nitrogens with two attached hydrogens (primary N) is 1. The van der Waals surface area contributed by atoms with Gasteiger partial charge in [-0.1, -0.05) is 0 Å². The molecule has 68 valence electrons. The van der Waals surface area contributed by atoms with Crippen LogP contribution in [0.25, 0.3) is 0 Å². The van der Waals surface area contributed by atoms with E-state index in [9.17, 15) is 9.59 Å². The van der Waals surface area contributed by atoms with Gasteiger partial charge in [0.05, 0.1) is 0 Å². The zero-order valence-corrected chi connectivity index (χ0v) is 6.62. The number of ether oxygens (including phenoxy) is 2. The molecule has 1 atom stereocenters. The van der Waals surface area contributed by atoms with E-state index >= 15 is 0 Å². The summed E-state index contributed by atoms with van der Waals surface area (Å²) in [5, 5.41) is 2.49. The van der Waals surface area contributed by atoms with Gasteiger partial charge in [-0.15, -0.1) is 0 Å². The molecule has 3 N–H and O–H groups in total. The summed E-state index contributed by atoms with van der Waals surface area (Å²) in [6, 6.07) is 0. The number of carbonyl (C=O) groups is 2. The maximum Gasteiger partial charge on any atom is 0.407 e. The molecule has 12 heavy (non-hydrogen) atoms. The van der Waals surface area contributed by atoms with Crippen molar-refractivity contribution in [1.29, 1.82) is 0 Å². The molecule has 1 saturated heterocycles. The number of alkyl carbamates (subject to hydrolysis) is 1. The van der Waals surface area contributed by atoms with Crippen LogP contribution in [0, 0.1) is 0 Å². The van der Waals surface area contributed by atoms with E-state index in [1.807, 2.05) is 0 Å². The first-order valence-electron chi connectivity index (χ1n) is 3.39. The predicted molar refractivity (Wildman–Crippen MR) is 38.4 cm³/mol. The first kappa shape index (κ1) is 8.63. The van der Waals surface area contributed by atoms with Crippen molar-refractivity contribution in [1.82, 2.24) is 5.32 Å². The van der Waals surface area contributed by atoms with E-state index in [0.717, 1.165) is 0 Å². The van der Waals surface area contributed by atoms with Gasteiger partial charge in [0.15, 0.2) is 0 Å². The van der Waals surface area contributed by atoms with Gasteiger partial charge in [0.25, 0.3) is 0 Å². The number of amides is 2. The highest BCUT2D eigenvalue weighted by Gasteiger charge is 2.36. The molecule has 0 aromatic rings. The lowest BCUT2D eigenvalue weighted by atomic mass is 10.1. The molecule has 0 saturated carbocycles. The minimum atomic E-state index is -0.864. The standard InChI is InChI=1S/C6H10N2O4/c1-6(2-11-4(7)9)3-12-5(10)8-6/h2-3H2,1H3,(H2,7,9)(H,8,10). The maximum atomic E-state index is 10.6. The highest BCUT2D eigenvalue weighted by molar-refractivity contribution is 5.71. The normalized spacial score (nSPS) is 27.6. The Morgan fingerprint density at radius 2 is 2.58 bits per heavy atom. The van der Waals surface area contributed by atoms with Crippen molar-refractivity contribution in [2.75, 3.05) is 13.2 Å². The second-order valence-electron chi connectivity index (χ2n) is 2.87. The topological polar surface area (TPSA) is 90.7 Å². The minimum Gasteiger partial charge on any atom is -0.447 e. The fourth-order valence-corrected chi connectivity index (χ4v) is 0.852. The maximum absolute atomic E-state index is 10.6. The van der Waals surface area contributed by atoms with Gasteiger partial charge >= 0.3 is 12.2 Å². The van der Waals surface area contributed by atoms with Crippen molar-refractivity contribution in [3.63, 3.8) is 0 Å². The van der Waals surface area contributed by atoms with Crippen molar-refractivity contribution in [3.8, 4) is 0 Å². The molecule has 0 radical (unpaired) electrons. The molecule has 1 heterocycles. The third-order valence-electron chi connectivity index (χ3n) is 1.46. The molecule has 1 fully saturated rings. The second-order valence-corrected chi connectivity index (χ2v) is 2.87. The lowest BCUT2D eigenvalue weighted by molar-refractivity contribution is 0.115. The van der Waals surface area contributed by atoms with Crippen LogP contribution in [0.3, 0.4) is 0 Å². The monoisotopic (exact) mass is 174 g/mol. The number of primary amides is 1. The van der Waals surface area contributed by atoms with E-state index < -0.39 is 17.7 Å². The zero-order chi connectivity index (χ0) is 9.19. The molecule has 0 bridgehead atoms. The Balaban J connectivity index is 2.40. The van der Waals surface area contributed by atoms with Gasteiger partial charge in [0.2, 0.25) is 0 Å². The third-order valence-corrected chi connectivity index (χ3v) is 1.46. The number of hydrogen-bond donors (Lipinski definition) is 2. The molecule has 0 aromatic carbocycles. The Morgan fingerprint density at radius 1 is 1.92 bits per heavy atom. The van der Waals surface area contributed by atoms with E-state index in [1.54, 1.807) is 6.92 Å². The Kier molecular flexibility index (Phi) is 2.07. The zero-order valence-electron chi connectivity index (χ0n) is 6.62. The summed E-state index contributed by atoms with van der Waals surface area (Å²) < 4.78 is 9.14. The Bertz CT molecular complexity index is 218. The summed E-state index contributed by atoms with van der Waals surface area (Å²) >= 11 is 0. The van der Waals surface area contributed by atoms with Gasteiger partial charge in [-0.05, 0) is 6.92 Å². The lowest BCUT2D eigenvalue weighted by Gasteiger charge is -2.19. The van der Waals surface area contributed by atoms with Gasteiger partial charge in [0.1, 0.15) is 18.8 Å². The molecule has 1 rings (SSSR count). The average molecular weight is 174 g/mol. The molecule has 0 aromatic heterocycles. The number of rotatable bonds is 2. The summed E-state index contributed by atoms with van der Waals surface area (Å²) in [4.78, 5) is 20.8. The average Bonchev–Trinajstić information content (AvgIpc) is 2.29. The predicted octanol–water partition coefficient (Wildman–Crippen LogP) is -0.420. The molecule has 1 unspecified atom stereocenters. The van der Waals surface area contributed by atoms with Gasteiger partial charge in [-0.3, -0.25) is 0 Å². The van der Waals surface area contributed by atoms with Crippen LogP contribution in [0.4, 0.5) is 9.59 Å². The van der Waals surface area contributed by atoms with Crippen molar-refractivity contribution in [2.45, 2.75) is 12.5 Å². The van der Waals surface area contributed by atoms with Crippen LogP contribution in [-0.2, 0) is 9.47 Å². The highest BCUT2D eigenvalue weighted by Crippen LogP contribution is 2.11. The van der Waals surface area contributed by atoms with Gasteiger partial charge < -0.3 is 20.5 Å². The van der Waals surface area contributed by atoms with Crippen LogP contribution < -0.4 is 11.1 Å². The fourth-order valence-electron chi connectivity index (χ4n) is 0.852. The van der Waals surface area contributed by atoms with Crippen LogP contribution >= 0.6 is 0 Å². The van der Waals surface area contributed by atoms with Crippen LogP contribution in [0.2, 0.25) is 0 Å². The molecule has 6 heteroatoms. The van der Waals surface area contributed by atoms with Crippen molar-refractivity contribution >= 4 is 12.2 Å². The molecule has 0 aliphatic carbocycles. The Hall–Kier alpha value is -1.46. The van der Waals surface area contributed by atoms with Crippen LogP contribution in [0.5, 0.6) is 0 Å². The van der Waals surface area contributed by atoms with Gasteiger partial charge in [0, 0.05) is 0 Å². The summed E-state index contributed by atoms with van der Waals surface area (Å²) in [5.41, 5.74) is 4.10. The van der Waals surface area contributed by atoms with Crippen LogP contribution in [-0.4, -0.2) is 30.9 Å². The van der Waals surface area contributed by atoms with Crippen molar-refractivity contribution < 1.29 is 19.1 Å². The Labute approximate surface area is 69.0 Å². The minimum absolute atomic E-state index is 0.0219. The van der Waals surface area contributed by atoms with E-state index in [4.69, 9.17) is 5.73 Å². The van der Waals surface area contributed by atoms with E-state index in [-0.39, 0.29) is 13.2 Å². The smallest absolute Gasteiger partial charge is 0.407 e. The van der Waals surface area contributed by atoms with Gasteiger partial charge in [-0.25, -0.2) is 9.59 Å². The van der Waals surface area contributed by atoms with Gasteiger partial charge in [-0.2, -0.15) is 0 Å². The van der Waals surface area contributed by atoms with Crippen molar-refractivity contribution in [3.05, 3.63) is 0 Å². The summed E-state index contributed by atoms with van der Waals surface area (Å²) in [5.74, 6) is 0. The fraction of sp³-hybridized carbons (Fsp3) is 0.667. The van der Waals surface area contributed by atoms with Crippen LogP contribution in [0.1, 0.15) is 6.92 Å². The number of nitrogens with one attached hydrogen (secondary N) is 1. The van der Waals surface area contributed by atoms with E-state index in [2.05, 4.69) is 14.8 Å². The second kappa shape index (κ2) is 2.88. The first-order valence-corrected chi connectivity index (χ1v) is 3.39. The summed E-state index contributed by atoms with van der Waals surface area (Å²) in [6.45, 7) is 1.90. The van der Waals surface area contributed by atoms with E-state index in [0.29, 0.717) is 0 Å².